The molecule has 0 fully saturated rings. The second kappa shape index (κ2) is 5.18. The summed E-state index contributed by atoms with van der Waals surface area (Å²) in [6.45, 7) is 5.93. The molecular formula is C17H18O. The van der Waals surface area contributed by atoms with Crippen molar-refractivity contribution in [2.75, 3.05) is 0 Å². The van der Waals surface area contributed by atoms with Gasteiger partial charge >= 0.3 is 0 Å². The predicted octanol–water partition coefficient (Wildman–Crippen LogP) is 4.50. The molecule has 0 aliphatic rings. The van der Waals surface area contributed by atoms with Crippen LogP contribution in [0.3, 0.4) is 0 Å². The average molecular weight is 238 g/mol. The van der Waals surface area contributed by atoms with E-state index in [0.717, 1.165) is 16.7 Å². The van der Waals surface area contributed by atoms with Gasteiger partial charge in [-0.15, -0.1) is 0 Å². The number of Topliss-reactive ketones (excluding diaryl/α,β-unsaturated/α-hetero) is 1. The summed E-state index contributed by atoms with van der Waals surface area (Å²) in [5, 5.41) is 0. The van der Waals surface area contributed by atoms with Crippen LogP contribution in [0.2, 0.25) is 0 Å². The van der Waals surface area contributed by atoms with E-state index in [1.165, 1.54) is 5.56 Å². The minimum Gasteiger partial charge on any atom is -0.294 e. The monoisotopic (exact) mass is 238 g/mol. The van der Waals surface area contributed by atoms with Crippen molar-refractivity contribution < 1.29 is 4.79 Å². The summed E-state index contributed by atoms with van der Waals surface area (Å²) in [6.07, 6.45) is 0. The zero-order valence-corrected chi connectivity index (χ0v) is 11.1. The minimum absolute atomic E-state index is 0.0401. The van der Waals surface area contributed by atoms with Crippen LogP contribution in [-0.4, -0.2) is 5.78 Å². The first-order valence-corrected chi connectivity index (χ1v) is 6.29. The summed E-state index contributed by atoms with van der Waals surface area (Å²) in [7, 11) is 0. The van der Waals surface area contributed by atoms with Gasteiger partial charge in [-0.3, -0.25) is 4.79 Å². The number of hydrogen-bond acceptors (Lipinski definition) is 1. The Bertz CT molecular complexity index is 550. The molecule has 0 amide bonds. The van der Waals surface area contributed by atoms with Gasteiger partial charge in [0.25, 0.3) is 0 Å². The first-order chi connectivity index (χ1) is 8.58. The molecule has 0 N–H and O–H groups in total. The number of benzene rings is 2. The Morgan fingerprint density at radius 3 is 2.22 bits per heavy atom. The fourth-order valence-corrected chi connectivity index (χ4v) is 1.93. The molecule has 0 atom stereocenters. The SMILES string of the molecule is Cc1ccc(-c2cccc(C(=O)C(C)C)c2)cc1. The average Bonchev–Trinajstić information content (AvgIpc) is 2.38. The van der Waals surface area contributed by atoms with E-state index in [-0.39, 0.29) is 11.7 Å². The number of ketones is 1. The maximum absolute atomic E-state index is 12.0. The van der Waals surface area contributed by atoms with E-state index in [2.05, 4.69) is 31.2 Å². The van der Waals surface area contributed by atoms with Gasteiger partial charge in [0.05, 0.1) is 0 Å². The summed E-state index contributed by atoms with van der Waals surface area (Å²) in [6, 6.07) is 16.2. The van der Waals surface area contributed by atoms with Crippen LogP contribution in [0, 0.1) is 12.8 Å². The third-order valence-corrected chi connectivity index (χ3v) is 3.06. The minimum atomic E-state index is 0.0401. The molecule has 0 saturated carbocycles. The Morgan fingerprint density at radius 2 is 1.61 bits per heavy atom. The second-order valence-electron chi connectivity index (χ2n) is 4.97. The van der Waals surface area contributed by atoms with Crippen LogP contribution in [0.5, 0.6) is 0 Å². The van der Waals surface area contributed by atoms with E-state index in [1.807, 2.05) is 38.1 Å². The van der Waals surface area contributed by atoms with Gasteiger partial charge in [-0.2, -0.15) is 0 Å². The number of carbonyl (C=O) groups excluding carboxylic acids is 1. The molecule has 0 aliphatic heterocycles. The van der Waals surface area contributed by atoms with Crippen molar-refractivity contribution in [1.82, 2.24) is 0 Å². The second-order valence-corrected chi connectivity index (χ2v) is 4.97. The topological polar surface area (TPSA) is 17.1 Å². The highest BCUT2D eigenvalue weighted by Crippen LogP contribution is 2.22. The molecule has 18 heavy (non-hydrogen) atoms. The van der Waals surface area contributed by atoms with Gasteiger partial charge in [0.15, 0.2) is 5.78 Å². The van der Waals surface area contributed by atoms with Gasteiger partial charge in [-0.1, -0.05) is 61.9 Å². The molecule has 92 valence electrons. The Balaban J connectivity index is 2.38. The van der Waals surface area contributed by atoms with E-state index in [1.54, 1.807) is 0 Å². The smallest absolute Gasteiger partial charge is 0.165 e. The van der Waals surface area contributed by atoms with Gasteiger partial charge in [0.1, 0.15) is 0 Å². The molecule has 0 radical (unpaired) electrons. The molecule has 0 spiro atoms. The zero-order chi connectivity index (χ0) is 13.1. The zero-order valence-electron chi connectivity index (χ0n) is 11.1. The lowest BCUT2D eigenvalue weighted by Crippen LogP contribution is -2.07. The molecule has 1 heteroatoms. The summed E-state index contributed by atoms with van der Waals surface area (Å²) >= 11 is 0. The van der Waals surface area contributed by atoms with Crippen molar-refractivity contribution in [3.63, 3.8) is 0 Å². The maximum atomic E-state index is 12.0. The highest BCUT2D eigenvalue weighted by Gasteiger charge is 2.10. The van der Waals surface area contributed by atoms with Crippen molar-refractivity contribution in [3.05, 3.63) is 59.7 Å². The summed E-state index contributed by atoms with van der Waals surface area (Å²) in [4.78, 5) is 12.0. The van der Waals surface area contributed by atoms with Crippen LogP contribution in [0.15, 0.2) is 48.5 Å². The Morgan fingerprint density at radius 1 is 0.944 bits per heavy atom. The van der Waals surface area contributed by atoms with Crippen molar-refractivity contribution in [1.29, 1.82) is 0 Å². The highest BCUT2D eigenvalue weighted by atomic mass is 16.1. The van der Waals surface area contributed by atoms with Crippen molar-refractivity contribution >= 4 is 5.78 Å². The van der Waals surface area contributed by atoms with E-state index >= 15 is 0 Å². The van der Waals surface area contributed by atoms with Gasteiger partial charge in [-0.25, -0.2) is 0 Å². The van der Waals surface area contributed by atoms with Gasteiger partial charge < -0.3 is 0 Å². The number of rotatable bonds is 3. The Labute approximate surface area is 108 Å². The third-order valence-electron chi connectivity index (χ3n) is 3.06. The molecule has 2 aromatic rings. The summed E-state index contributed by atoms with van der Waals surface area (Å²) in [5.41, 5.74) is 4.29. The Kier molecular flexibility index (Phi) is 3.61. The first kappa shape index (κ1) is 12.6. The fourth-order valence-electron chi connectivity index (χ4n) is 1.93. The Hall–Kier alpha value is -1.89. The lowest BCUT2D eigenvalue weighted by atomic mass is 9.96. The number of hydrogen-bond donors (Lipinski definition) is 0. The predicted molar refractivity (Wildman–Crippen MR) is 75.8 cm³/mol. The fraction of sp³-hybridized carbons (Fsp3) is 0.235. The molecular weight excluding hydrogens is 220 g/mol. The molecule has 0 aliphatic carbocycles. The molecule has 0 saturated heterocycles. The molecule has 0 heterocycles. The molecule has 2 rings (SSSR count). The van der Waals surface area contributed by atoms with Crippen molar-refractivity contribution in [3.8, 4) is 11.1 Å². The van der Waals surface area contributed by atoms with Crippen LogP contribution in [0.4, 0.5) is 0 Å². The van der Waals surface area contributed by atoms with Crippen LogP contribution in [0.25, 0.3) is 11.1 Å². The standard InChI is InChI=1S/C17H18O/c1-12(2)17(18)16-6-4-5-15(11-16)14-9-7-13(3)8-10-14/h4-12H,1-3H3. The molecule has 1 nitrogen and oxygen atoms in total. The van der Waals surface area contributed by atoms with Crippen molar-refractivity contribution in [2.45, 2.75) is 20.8 Å². The lowest BCUT2D eigenvalue weighted by molar-refractivity contribution is 0.0939. The van der Waals surface area contributed by atoms with Crippen LogP contribution < -0.4 is 0 Å². The highest BCUT2D eigenvalue weighted by molar-refractivity contribution is 5.98. The molecule has 0 bridgehead atoms. The van der Waals surface area contributed by atoms with Gasteiger partial charge in [0.2, 0.25) is 0 Å². The quantitative estimate of drug-likeness (QED) is 0.719. The van der Waals surface area contributed by atoms with Gasteiger partial charge in [0, 0.05) is 11.5 Å². The normalized spacial score (nSPS) is 10.7. The maximum Gasteiger partial charge on any atom is 0.165 e. The summed E-state index contributed by atoms with van der Waals surface area (Å²) in [5.74, 6) is 0.238. The molecule has 0 aromatic heterocycles. The van der Waals surface area contributed by atoms with Crippen LogP contribution in [0.1, 0.15) is 29.8 Å². The van der Waals surface area contributed by atoms with Gasteiger partial charge in [-0.05, 0) is 24.1 Å². The van der Waals surface area contributed by atoms with Crippen molar-refractivity contribution in [2.24, 2.45) is 5.92 Å². The number of aryl methyl sites for hydroxylation is 1. The van der Waals surface area contributed by atoms with E-state index in [9.17, 15) is 4.79 Å². The molecule has 2 aromatic carbocycles. The summed E-state index contributed by atoms with van der Waals surface area (Å²) < 4.78 is 0. The largest absolute Gasteiger partial charge is 0.294 e. The lowest BCUT2D eigenvalue weighted by Gasteiger charge is -2.07. The van der Waals surface area contributed by atoms with Crippen LogP contribution >= 0.6 is 0 Å². The van der Waals surface area contributed by atoms with Crippen LogP contribution in [-0.2, 0) is 0 Å². The van der Waals surface area contributed by atoms with E-state index in [0.29, 0.717) is 0 Å². The van der Waals surface area contributed by atoms with E-state index < -0.39 is 0 Å². The van der Waals surface area contributed by atoms with E-state index in [4.69, 9.17) is 0 Å². The number of carbonyl (C=O) groups is 1. The first-order valence-electron chi connectivity index (χ1n) is 6.29. The third kappa shape index (κ3) is 2.67. The molecule has 0 unspecified atom stereocenters.